The van der Waals surface area contributed by atoms with E-state index in [9.17, 15) is 4.79 Å². The van der Waals surface area contributed by atoms with Crippen molar-refractivity contribution in [1.29, 1.82) is 0 Å². The lowest BCUT2D eigenvalue weighted by atomic mass is 9.87. The first-order valence-electron chi connectivity index (χ1n) is 10.7. The molecule has 1 N–H and O–H groups in total. The number of aryl methyl sites for hydroxylation is 1. The van der Waals surface area contributed by atoms with E-state index in [0.29, 0.717) is 10.3 Å². The van der Waals surface area contributed by atoms with Gasteiger partial charge in [-0.25, -0.2) is 4.98 Å². The van der Waals surface area contributed by atoms with Gasteiger partial charge in [-0.05, 0) is 17.9 Å². The second-order valence-corrected chi connectivity index (χ2v) is 10.7. The van der Waals surface area contributed by atoms with Crippen molar-refractivity contribution in [3.8, 4) is 22.6 Å². The van der Waals surface area contributed by atoms with Crippen LogP contribution in [0.15, 0.2) is 59.1 Å². The standard InChI is InChI=1S/C25H27N5OS2/c1-16-6-8-17(9-7-16)20-14-32-23(26-20)27-21(31)15-33-24-29-28-22(30(24)5)18-10-12-19(13-11-18)25(2,3)4/h6-14H,15H2,1-5H3,(H,26,27,31). The van der Waals surface area contributed by atoms with Gasteiger partial charge in [0.1, 0.15) is 0 Å². The number of benzene rings is 2. The van der Waals surface area contributed by atoms with E-state index < -0.39 is 0 Å². The summed E-state index contributed by atoms with van der Waals surface area (Å²) in [5.41, 5.74) is 5.47. The molecule has 33 heavy (non-hydrogen) atoms. The zero-order valence-electron chi connectivity index (χ0n) is 19.4. The molecule has 4 rings (SSSR count). The normalized spacial score (nSPS) is 11.5. The predicted molar refractivity (Wildman–Crippen MR) is 137 cm³/mol. The largest absolute Gasteiger partial charge is 0.305 e. The van der Waals surface area contributed by atoms with Crippen molar-refractivity contribution in [2.45, 2.75) is 38.3 Å². The Hall–Kier alpha value is -2.97. The Bertz CT molecular complexity index is 1250. The molecule has 0 unspecified atom stereocenters. The van der Waals surface area contributed by atoms with E-state index >= 15 is 0 Å². The van der Waals surface area contributed by atoms with E-state index in [1.807, 2.05) is 29.1 Å². The van der Waals surface area contributed by atoms with Crippen LogP contribution in [-0.2, 0) is 17.3 Å². The molecule has 6 nitrogen and oxygen atoms in total. The number of anilines is 1. The topological polar surface area (TPSA) is 72.7 Å². The summed E-state index contributed by atoms with van der Waals surface area (Å²) in [6, 6.07) is 16.6. The third-order valence-corrected chi connectivity index (χ3v) is 7.05. The molecular weight excluding hydrogens is 450 g/mol. The summed E-state index contributed by atoms with van der Waals surface area (Å²) < 4.78 is 1.92. The highest BCUT2D eigenvalue weighted by atomic mass is 32.2. The maximum atomic E-state index is 12.5. The fourth-order valence-electron chi connectivity index (χ4n) is 3.28. The molecule has 0 radical (unpaired) electrons. The second-order valence-electron chi connectivity index (χ2n) is 8.93. The van der Waals surface area contributed by atoms with Crippen LogP contribution < -0.4 is 5.32 Å². The van der Waals surface area contributed by atoms with E-state index in [0.717, 1.165) is 22.6 Å². The van der Waals surface area contributed by atoms with Crippen molar-refractivity contribution >= 4 is 34.1 Å². The van der Waals surface area contributed by atoms with E-state index in [4.69, 9.17) is 0 Å². The Labute approximate surface area is 202 Å². The minimum Gasteiger partial charge on any atom is -0.305 e. The second kappa shape index (κ2) is 9.49. The summed E-state index contributed by atoms with van der Waals surface area (Å²) in [5, 5.41) is 14.7. The summed E-state index contributed by atoms with van der Waals surface area (Å²) in [6.07, 6.45) is 0. The van der Waals surface area contributed by atoms with Crippen LogP contribution in [0, 0.1) is 6.92 Å². The molecule has 0 spiro atoms. The van der Waals surface area contributed by atoms with Gasteiger partial charge in [-0.15, -0.1) is 21.5 Å². The van der Waals surface area contributed by atoms with Crippen molar-refractivity contribution < 1.29 is 4.79 Å². The average molecular weight is 478 g/mol. The van der Waals surface area contributed by atoms with Crippen LogP contribution in [0.1, 0.15) is 31.9 Å². The first-order chi connectivity index (χ1) is 15.7. The number of amides is 1. The maximum Gasteiger partial charge on any atom is 0.236 e. The van der Waals surface area contributed by atoms with Gasteiger partial charge >= 0.3 is 0 Å². The van der Waals surface area contributed by atoms with E-state index in [2.05, 4.69) is 84.6 Å². The SMILES string of the molecule is Cc1ccc(-c2csc(NC(=O)CSc3nnc(-c4ccc(C(C)(C)C)cc4)n3C)n2)cc1. The number of thioether (sulfide) groups is 1. The van der Waals surface area contributed by atoms with Crippen molar-refractivity contribution in [1.82, 2.24) is 19.7 Å². The highest BCUT2D eigenvalue weighted by molar-refractivity contribution is 7.99. The number of carbonyl (C=O) groups excluding carboxylic acids is 1. The lowest BCUT2D eigenvalue weighted by molar-refractivity contribution is -0.113. The molecule has 0 aliphatic carbocycles. The zero-order chi connectivity index (χ0) is 23.6. The van der Waals surface area contributed by atoms with Crippen LogP contribution in [0.5, 0.6) is 0 Å². The molecule has 8 heteroatoms. The van der Waals surface area contributed by atoms with Crippen LogP contribution in [0.4, 0.5) is 5.13 Å². The zero-order valence-corrected chi connectivity index (χ0v) is 21.0. The minimum atomic E-state index is -0.121. The van der Waals surface area contributed by atoms with E-state index in [-0.39, 0.29) is 17.1 Å². The van der Waals surface area contributed by atoms with Crippen LogP contribution in [0.3, 0.4) is 0 Å². The number of nitrogens with zero attached hydrogens (tertiary/aromatic N) is 4. The van der Waals surface area contributed by atoms with Gasteiger partial charge in [0, 0.05) is 23.6 Å². The van der Waals surface area contributed by atoms with Crippen molar-refractivity contribution in [2.75, 3.05) is 11.1 Å². The Morgan fingerprint density at radius 1 is 1.03 bits per heavy atom. The summed E-state index contributed by atoms with van der Waals surface area (Å²) in [5.74, 6) is 0.888. The molecule has 0 aliphatic heterocycles. The molecule has 0 aliphatic rings. The van der Waals surface area contributed by atoms with Crippen molar-refractivity contribution in [2.24, 2.45) is 7.05 Å². The highest BCUT2D eigenvalue weighted by Gasteiger charge is 2.16. The number of rotatable bonds is 6. The summed E-state index contributed by atoms with van der Waals surface area (Å²) in [4.78, 5) is 17.0. The van der Waals surface area contributed by atoms with Crippen LogP contribution in [0.2, 0.25) is 0 Å². The summed E-state index contributed by atoms with van der Waals surface area (Å²) in [6.45, 7) is 8.63. The Balaban J connectivity index is 1.36. The maximum absolute atomic E-state index is 12.5. The van der Waals surface area contributed by atoms with Crippen molar-refractivity contribution in [3.05, 3.63) is 65.0 Å². The summed E-state index contributed by atoms with van der Waals surface area (Å²) in [7, 11) is 1.92. The minimum absolute atomic E-state index is 0.102. The number of carbonyl (C=O) groups is 1. The fourth-order valence-corrected chi connectivity index (χ4v) is 4.73. The lowest BCUT2D eigenvalue weighted by Gasteiger charge is -2.19. The quantitative estimate of drug-likeness (QED) is 0.348. The molecule has 0 saturated carbocycles. The van der Waals surface area contributed by atoms with E-state index in [1.54, 1.807) is 0 Å². The molecule has 0 saturated heterocycles. The number of aromatic nitrogens is 4. The van der Waals surface area contributed by atoms with Gasteiger partial charge in [0.2, 0.25) is 5.91 Å². The molecule has 0 bridgehead atoms. The van der Waals surface area contributed by atoms with Gasteiger partial charge in [0.15, 0.2) is 16.1 Å². The van der Waals surface area contributed by atoms with Gasteiger partial charge in [-0.2, -0.15) is 0 Å². The highest BCUT2D eigenvalue weighted by Crippen LogP contribution is 2.28. The van der Waals surface area contributed by atoms with E-state index in [1.165, 1.54) is 34.2 Å². The molecule has 170 valence electrons. The van der Waals surface area contributed by atoms with Gasteiger partial charge in [-0.1, -0.05) is 86.6 Å². The first-order valence-corrected chi connectivity index (χ1v) is 12.5. The third-order valence-electron chi connectivity index (χ3n) is 5.27. The molecule has 0 atom stereocenters. The molecule has 0 fully saturated rings. The summed E-state index contributed by atoms with van der Waals surface area (Å²) >= 11 is 2.78. The Kier molecular flexibility index (Phi) is 6.67. The van der Waals surface area contributed by atoms with Crippen molar-refractivity contribution in [3.63, 3.8) is 0 Å². The smallest absolute Gasteiger partial charge is 0.236 e. The van der Waals surface area contributed by atoms with Gasteiger partial charge in [-0.3, -0.25) is 4.79 Å². The van der Waals surface area contributed by atoms with Crippen LogP contribution >= 0.6 is 23.1 Å². The number of hydrogen-bond donors (Lipinski definition) is 1. The third kappa shape index (κ3) is 5.51. The molecule has 1 amide bonds. The number of thiazole rings is 1. The Morgan fingerprint density at radius 2 is 1.70 bits per heavy atom. The molecule has 2 aromatic carbocycles. The molecular formula is C25H27N5OS2. The predicted octanol–water partition coefficient (Wildman–Crippen LogP) is 5.94. The first kappa shape index (κ1) is 23.2. The number of hydrogen-bond acceptors (Lipinski definition) is 6. The van der Waals surface area contributed by atoms with Gasteiger partial charge in [0.05, 0.1) is 11.4 Å². The molecule has 2 heterocycles. The molecule has 2 aromatic heterocycles. The fraction of sp³-hybridized carbons (Fsp3) is 0.280. The lowest BCUT2D eigenvalue weighted by Crippen LogP contribution is -2.14. The van der Waals surface area contributed by atoms with Crippen LogP contribution in [0.25, 0.3) is 22.6 Å². The average Bonchev–Trinajstić information content (AvgIpc) is 3.39. The molecule has 4 aromatic rings. The van der Waals surface area contributed by atoms with Crippen LogP contribution in [-0.4, -0.2) is 31.4 Å². The Morgan fingerprint density at radius 3 is 2.36 bits per heavy atom. The van der Waals surface area contributed by atoms with Gasteiger partial charge < -0.3 is 9.88 Å². The van der Waals surface area contributed by atoms with Gasteiger partial charge in [0.25, 0.3) is 0 Å². The monoisotopic (exact) mass is 477 g/mol. The number of nitrogens with one attached hydrogen (secondary N) is 1.